The molecule has 1 aromatic heterocycles. The summed E-state index contributed by atoms with van der Waals surface area (Å²) < 4.78 is 2.34. The Hall–Kier alpha value is -1.41. The van der Waals surface area contributed by atoms with E-state index >= 15 is 0 Å². The summed E-state index contributed by atoms with van der Waals surface area (Å²) in [7, 11) is 0. The number of nitrogens with zero attached hydrogens (tertiary/aromatic N) is 5. The van der Waals surface area contributed by atoms with Crippen LogP contribution in [0.3, 0.4) is 0 Å². The normalized spacial score (nSPS) is 27.9. The Morgan fingerprint density at radius 3 is 2.86 bits per heavy atom. The summed E-state index contributed by atoms with van der Waals surface area (Å²) in [5.74, 6) is 2.88. The van der Waals surface area contributed by atoms with Crippen LogP contribution in [0.25, 0.3) is 0 Å². The standard InChI is InChI=1S/C16H23N5/c17-11-16(6-3-7-16)12-20-8-1-4-13(10-20)15-19-18-14-5-2-9-21(14)15/h13H,1-10,12H2. The van der Waals surface area contributed by atoms with Crippen LogP contribution in [-0.2, 0) is 13.0 Å². The Morgan fingerprint density at radius 2 is 2.10 bits per heavy atom. The number of aromatic nitrogens is 3. The van der Waals surface area contributed by atoms with Crippen molar-refractivity contribution in [2.45, 2.75) is 57.4 Å². The first-order valence-corrected chi connectivity index (χ1v) is 8.35. The molecule has 2 aliphatic heterocycles. The molecule has 0 bridgehead atoms. The summed E-state index contributed by atoms with van der Waals surface area (Å²) >= 11 is 0. The Balaban J connectivity index is 1.47. The van der Waals surface area contributed by atoms with Crippen molar-refractivity contribution >= 4 is 0 Å². The van der Waals surface area contributed by atoms with Crippen LogP contribution in [-0.4, -0.2) is 39.3 Å². The lowest BCUT2D eigenvalue weighted by atomic mass is 9.69. The van der Waals surface area contributed by atoms with Crippen molar-refractivity contribution in [2.24, 2.45) is 5.41 Å². The largest absolute Gasteiger partial charge is 0.315 e. The molecule has 112 valence electrons. The highest BCUT2D eigenvalue weighted by Gasteiger charge is 2.40. The first-order chi connectivity index (χ1) is 10.3. The van der Waals surface area contributed by atoms with E-state index in [2.05, 4.69) is 25.7 Å². The van der Waals surface area contributed by atoms with E-state index in [4.69, 9.17) is 0 Å². The number of nitriles is 1. The van der Waals surface area contributed by atoms with Crippen LogP contribution in [0.15, 0.2) is 0 Å². The third-order valence-corrected chi connectivity index (χ3v) is 5.58. The van der Waals surface area contributed by atoms with Crippen molar-refractivity contribution in [2.75, 3.05) is 19.6 Å². The number of aryl methyl sites for hydroxylation is 1. The summed E-state index contributed by atoms with van der Waals surface area (Å²) in [4.78, 5) is 2.51. The second-order valence-corrected chi connectivity index (χ2v) is 7.05. The Labute approximate surface area is 126 Å². The summed E-state index contributed by atoms with van der Waals surface area (Å²) in [5, 5.41) is 18.3. The molecule has 1 saturated carbocycles. The molecule has 3 aliphatic rings. The molecular formula is C16H23N5. The van der Waals surface area contributed by atoms with Crippen LogP contribution in [0.1, 0.15) is 56.1 Å². The number of likely N-dealkylation sites (tertiary alicyclic amines) is 1. The predicted molar refractivity (Wildman–Crippen MR) is 78.7 cm³/mol. The molecular weight excluding hydrogens is 262 g/mol. The highest BCUT2D eigenvalue weighted by Crippen LogP contribution is 2.42. The van der Waals surface area contributed by atoms with Gasteiger partial charge < -0.3 is 9.47 Å². The van der Waals surface area contributed by atoms with E-state index in [0.717, 1.165) is 45.4 Å². The smallest absolute Gasteiger partial charge is 0.137 e. The third-order valence-electron chi connectivity index (χ3n) is 5.58. The van der Waals surface area contributed by atoms with Gasteiger partial charge in [0.15, 0.2) is 0 Å². The van der Waals surface area contributed by atoms with Gasteiger partial charge in [-0.3, -0.25) is 0 Å². The zero-order valence-corrected chi connectivity index (χ0v) is 12.6. The minimum absolute atomic E-state index is 0.0469. The molecule has 4 rings (SSSR count). The van der Waals surface area contributed by atoms with Gasteiger partial charge in [0, 0.05) is 32.0 Å². The third kappa shape index (κ3) is 2.26. The minimum Gasteiger partial charge on any atom is -0.315 e. The van der Waals surface area contributed by atoms with Gasteiger partial charge in [-0.15, -0.1) is 10.2 Å². The molecule has 3 heterocycles. The number of piperidine rings is 1. The monoisotopic (exact) mass is 285 g/mol. The highest BCUT2D eigenvalue weighted by atomic mass is 15.3. The number of hydrogen-bond donors (Lipinski definition) is 0. The highest BCUT2D eigenvalue weighted by molar-refractivity contribution is 5.10. The molecule has 1 unspecified atom stereocenters. The Morgan fingerprint density at radius 1 is 1.19 bits per heavy atom. The van der Waals surface area contributed by atoms with Crippen LogP contribution < -0.4 is 0 Å². The van der Waals surface area contributed by atoms with Gasteiger partial charge in [0.25, 0.3) is 0 Å². The molecule has 1 aromatic rings. The predicted octanol–water partition coefficient (Wildman–Crippen LogP) is 2.10. The average molecular weight is 285 g/mol. The van der Waals surface area contributed by atoms with Crippen LogP contribution in [0.2, 0.25) is 0 Å². The molecule has 0 N–H and O–H groups in total. The zero-order chi connectivity index (χ0) is 14.3. The van der Waals surface area contributed by atoms with Crippen LogP contribution in [0, 0.1) is 16.7 Å². The second kappa shape index (κ2) is 5.10. The topological polar surface area (TPSA) is 57.7 Å². The van der Waals surface area contributed by atoms with Crippen LogP contribution in [0.5, 0.6) is 0 Å². The lowest BCUT2D eigenvalue weighted by Crippen LogP contribution is -2.45. The first-order valence-electron chi connectivity index (χ1n) is 8.35. The van der Waals surface area contributed by atoms with E-state index in [1.54, 1.807) is 0 Å². The minimum atomic E-state index is -0.0469. The quantitative estimate of drug-likeness (QED) is 0.853. The van der Waals surface area contributed by atoms with Crippen molar-refractivity contribution in [1.82, 2.24) is 19.7 Å². The van der Waals surface area contributed by atoms with Gasteiger partial charge in [-0.1, -0.05) is 6.42 Å². The summed E-state index contributed by atoms with van der Waals surface area (Å²) in [6, 6.07) is 2.58. The van der Waals surface area contributed by atoms with Crippen molar-refractivity contribution < 1.29 is 0 Å². The van der Waals surface area contributed by atoms with Gasteiger partial charge in [-0.25, -0.2) is 0 Å². The van der Waals surface area contributed by atoms with Crippen molar-refractivity contribution in [3.8, 4) is 6.07 Å². The molecule has 5 heteroatoms. The maximum absolute atomic E-state index is 9.44. The first kappa shape index (κ1) is 13.3. The van der Waals surface area contributed by atoms with Gasteiger partial charge >= 0.3 is 0 Å². The maximum Gasteiger partial charge on any atom is 0.137 e. The lowest BCUT2D eigenvalue weighted by molar-refractivity contribution is 0.0966. The van der Waals surface area contributed by atoms with E-state index in [9.17, 15) is 5.26 Å². The summed E-state index contributed by atoms with van der Waals surface area (Å²) in [6.45, 7) is 4.25. The lowest BCUT2D eigenvalue weighted by Gasteiger charge is -2.42. The molecule has 1 atom stereocenters. The molecule has 0 aromatic carbocycles. The van der Waals surface area contributed by atoms with E-state index in [1.165, 1.54) is 37.3 Å². The van der Waals surface area contributed by atoms with Crippen LogP contribution >= 0.6 is 0 Å². The molecule has 1 aliphatic carbocycles. The molecule has 0 radical (unpaired) electrons. The fourth-order valence-corrected chi connectivity index (χ4v) is 4.22. The van der Waals surface area contributed by atoms with Gasteiger partial charge in [0.1, 0.15) is 11.6 Å². The maximum atomic E-state index is 9.44. The zero-order valence-electron chi connectivity index (χ0n) is 12.6. The molecule has 5 nitrogen and oxygen atoms in total. The molecule has 21 heavy (non-hydrogen) atoms. The summed E-state index contributed by atoms with van der Waals surface area (Å²) in [5.41, 5.74) is -0.0469. The van der Waals surface area contributed by atoms with E-state index in [-0.39, 0.29) is 5.41 Å². The fraction of sp³-hybridized carbons (Fsp3) is 0.812. The molecule has 0 spiro atoms. The van der Waals surface area contributed by atoms with Crippen molar-refractivity contribution in [3.63, 3.8) is 0 Å². The van der Waals surface area contributed by atoms with Gasteiger partial charge in [-0.2, -0.15) is 5.26 Å². The van der Waals surface area contributed by atoms with Crippen molar-refractivity contribution in [3.05, 3.63) is 11.6 Å². The van der Waals surface area contributed by atoms with E-state index in [1.807, 2.05) is 0 Å². The molecule has 2 fully saturated rings. The van der Waals surface area contributed by atoms with Gasteiger partial charge in [0.2, 0.25) is 0 Å². The van der Waals surface area contributed by atoms with Gasteiger partial charge in [-0.05, 0) is 38.6 Å². The Bertz CT molecular complexity index is 566. The second-order valence-electron chi connectivity index (χ2n) is 7.05. The molecule has 1 saturated heterocycles. The Kier molecular flexibility index (Phi) is 3.22. The fourth-order valence-electron chi connectivity index (χ4n) is 4.22. The number of rotatable bonds is 3. The van der Waals surface area contributed by atoms with Crippen molar-refractivity contribution in [1.29, 1.82) is 5.26 Å². The van der Waals surface area contributed by atoms with E-state index < -0.39 is 0 Å². The summed E-state index contributed by atoms with van der Waals surface area (Å²) in [6.07, 6.45) is 8.13. The average Bonchev–Trinajstić information content (AvgIpc) is 3.06. The number of fused-ring (bicyclic) bond motifs is 1. The molecule has 0 amide bonds. The van der Waals surface area contributed by atoms with Gasteiger partial charge in [0.05, 0.1) is 11.5 Å². The van der Waals surface area contributed by atoms with E-state index in [0.29, 0.717) is 5.92 Å². The van der Waals surface area contributed by atoms with Crippen LogP contribution in [0.4, 0.5) is 0 Å². The number of hydrogen-bond acceptors (Lipinski definition) is 4. The SMILES string of the molecule is N#CC1(CN2CCCC(c3nnc4n3CCC4)C2)CCC1.